The van der Waals surface area contributed by atoms with Crippen LogP contribution in [-0.2, 0) is 0 Å². The monoisotopic (exact) mass is 302 g/mol. The van der Waals surface area contributed by atoms with Crippen LogP contribution in [-0.4, -0.2) is 27.7 Å². The molecule has 0 bridgehead atoms. The van der Waals surface area contributed by atoms with Crippen molar-refractivity contribution in [2.75, 3.05) is 17.7 Å². The molecule has 0 aromatic carbocycles. The van der Waals surface area contributed by atoms with E-state index in [1.807, 2.05) is 0 Å². The maximum atomic E-state index is 9.09. The summed E-state index contributed by atoms with van der Waals surface area (Å²) >= 11 is 3.35. The Hall–Kier alpha value is -0.880. The quantitative estimate of drug-likeness (QED) is 0.792. The maximum absolute atomic E-state index is 9.09. The SMILES string of the molecule is CC(C)(C)C(CCO)Nc1ncnc(N)c1Br. The minimum absolute atomic E-state index is 0.0158. The summed E-state index contributed by atoms with van der Waals surface area (Å²) in [7, 11) is 0. The summed E-state index contributed by atoms with van der Waals surface area (Å²) in [6, 6.07) is 0.109. The summed E-state index contributed by atoms with van der Waals surface area (Å²) in [5.74, 6) is 1.06. The van der Waals surface area contributed by atoms with Gasteiger partial charge in [-0.25, -0.2) is 9.97 Å². The molecule has 0 radical (unpaired) electrons. The molecule has 0 saturated carbocycles. The Morgan fingerprint density at radius 3 is 2.65 bits per heavy atom. The van der Waals surface area contributed by atoms with Gasteiger partial charge in [0.05, 0.1) is 0 Å². The maximum Gasteiger partial charge on any atom is 0.146 e. The van der Waals surface area contributed by atoms with Gasteiger partial charge in [-0.1, -0.05) is 20.8 Å². The molecule has 17 heavy (non-hydrogen) atoms. The Morgan fingerprint density at radius 2 is 2.12 bits per heavy atom. The van der Waals surface area contributed by atoms with Crippen LogP contribution in [0.25, 0.3) is 0 Å². The number of nitrogen functional groups attached to an aromatic ring is 1. The van der Waals surface area contributed by atoms with Crippen LogP contribution in [0.3, 0.4) is 0 Å². The molecule has 0 aliphatic rings. The number of nitrogens with two attached hydrogens (primary N) is 1. The molecule has 4 N–H and O–H groups in total. The third-order valence-corrected chi connectivity index (χ3v) is 3.37. The molecular formula is C11H19BrN4O. The van der Waals surface area contributed by atoms with E-state index in [2.05, 4.69) is 52.0 Å². The zero-order valence-electron chi connectivity index (χ0n) is 10.4. The first kappa shape index (κ1) is 14.2. The lowest BCUT2D eigenvalue weighted by molar-refractivity contribution is 0.235. The Bertz CT molecular complexity index is 378. The minimum Gasteiger partial charge on any atom is -0.396 e. The average molecular weight is 303 g/mol. The van der Waals surface area contributed by atoms with Crippen LogP contribution in [0.1, 0.15) is 27.2 Å². The molecular weight excluding hydrogens is 284 g/mol. The van der Waals surface area contributed by atoms with Crippen molar-refractivity contribution >= 4 is 27.6 Å². The number of aliphatic hydroxyl groups excluding tert-OH is 1. The fourth-order valence-corrected chi connectivity index (χ4v) is 1.82. The van der Waals surface area contributed by atoms with Gasteiger partial charge < -0.3 is 16.2 Å². The molecule has 0 spiro atoms. The van der Waals surface area contributed by atoms with E-state index in [0.29, 0.717) is 22.5 Å². The number of halogens is 1. The lowest BCUT2D eigenvalue weighted by Crippen LogP contribution is -2.35. The lowest BCUT2D eigenvalue weighted by atomic mass is 9.85. The first-order valence-corrected chi connectivity index (χ1v) is 6.29. The van der Waals surface area contributed by atoms with Gasteiger partial charge in [0.15, 0.2) is 0 Å². The highest BCUT2D eigenvalue weighted by Crippen LogP contribution is 2.29. The van der Waals surface area contributed by atoms with Gasteiger partial charge in [0, 0.05) is 12.6 Å². The molecule has 0 amide bonds. The zero-order valence-corrected chi connectivity index (χ0v) is 12.0. The van der Waals surface area contributed by atoms with Crippen molar-refractivity contribution in [1.29, 1.82) is 0 Å². The molecule has 0 saturated heterocycles. The van der Waals surface area contributed by atoms with Gasteiger partial charge in [-0.2, -0.15) is 0 Å². The van der Waals surface area contributed by atoms with Crippen LogP contribution >= 0.6 is 15.9 Å². The summed E-state index contributed by atoms with van der Waals surface area (Å²) in [6.45, 7) is 6.46. The predicted octanol–water partition coefficient (Wildman–Crippen LogP) is 2.03. The van der Waals surface area contributed by atoms with Crippen LogP contribution in [0.5, 0.6) is 0 Å². The van der Waals surface area contributed by atoms with Crippen molar-refractivity contribution in [1.82, 2.24) is 9.97 Å². The Labute approximate surface area is 110 Å². The Morgan fingerprint density at radius 1 is 1.47 bits per heavy atom. The van der Waals surface area contributed by atoms with Gasteiger partial charge in [-0.15, -0.1) is 0 Å². The van der Waals surface area contributed by atoms with Gasteiger partial charge >= 0.3 is 0 Å². The van der Waals surface area contributed by atoms with Crippen molar-refractivity contribution in [3.05, 3.63) is 10.8 Å². The highest BCUT2D eigenvalue weighted by Gasteiger charge is 2.25. The molecule has 96 valence electrons. The van der Waals surface area contributed by atoms with E-state index in [9.17, 15) is 0 Å². The van der Waals surface area contributed by atoms with Crippen LogP contribution in [0, 0.1) is 5.41 Å². The van der Waals surface area contributed by atoms with Crippen molar-refractivity contribution in [3.8, 4) is 0 Å². The second-order valence-corrected chi connectivity index (χ2v) is 5.79. The predicted molar refractivity (Wildman–Crippen MR) is 72.7 cm³/mol. The van der Waals surface area contributed by atoms with Crippen LogP contribution in [0.2, 0.25) is 0 Å². The van der Waals surface area contributed by atoms with Gasteiger partial charge in [-0.05, 0) is 27.8 Å². The van der Waals surface area contributed by atoms with Crippen LogP contribution < -0.4 is 11.1 Å². The number of hydrogen-bond donors (Lipinski definition) is 3. The van der Waals surface area contributed by atoms with Gasteiger partial charge in [-0.3, -0.25) is 0 Å². The molecule has 5 nitrogen and oxygen atoms in total. The standard InChI is InChI=1S/C11H19BrN4O/c1-11(2,3)7(4-5-17)16-10-8(12)9(13)14-6-15-10/h6-7,17H,4-5H2,1-3H3,(H3,13,14,15,16). The summed E-state index contributed by atoms with van der Waals surface area (Å²) in [6.07, 6.45) is 2.07. The molecule has 0 aliphatic heterocycles. The third-order valence-electron chi connectivity index (χ3n) is 2.59. The molecule has 1 unspecified atom stereocenters. The number of nitrogens with zero attached hydrogens (tertiary/aromatic N) is 2. The molecule has 1 atom stereocenters. The Kier molecular flexibility index (Phi) is 4.70. The average Bonchev–Trinajstić information content (AvgIpc) is 2.22. The van der Waals surface area contributed by atoms with Crippen LogP contribution in [0.15, 0.2) is 10.8 Å². The molecule has 1 aromatic rings. The van der Waals surface area contributed by atoms with Crippen LogP contribution in [0.4, 0.5) is 11.6 Å². The van der Waals surface area contributed by atoms with E-state index in [1.54, 1.807) is 0 Å². The molecule has 1 aromatic heterocycles. The molecule has 1 rings (SSSR count). The second kappa shape index (κ2) is 5.64. The topological polar surface area (TPSA) is 84.1 Å². The van der Waals surface area contributed by atoms with Crippen molar-refractivity contribution < 1.29 is 5.11 Å². The van der Waals surface area contributed by atoms with Gasteiger partial charge in [0.25, 0.3) is 0 Å². The van der Waals surface area contributed by atoms with Gasteiger partial charge in [0.2, 0.25) is 0 Å². The first-order valence-electron chi connectivity index (χ1n) is 5.49. The summed E-state index contributed by atoms with van der Waals surface area (Å²) in [4.78, 5) is 8.03. The van der Waals surface area contributed by atoms with Crippen molar-refractivity contribution in [2.45, 2.75) is 33.2 Å². The molecule has 6 heteroatoms. The molecule has 0 fully saturated rings. The highest BCUT2D eigenvalue weighted by atomic mass is 79.9. The van der Waals surface area contributed by atoms with E-state index in [4.69, 9.17) is 10.8 Å². The fraction of sp³-hybridized carbons (Fsp3) is 0.636. The highest BCUT2D eigenvalue weighted by molar-refractivity contribution is 9.10. The fourth-order valence-electron chi connectivity index (χ4n) is 1.50. The van der Waals surface area contributed by atoms with E-state index >= 15 is 0 Å². The number of rotatable bonds is 4. The van der Waals surface area contributed by atoms with Crippen molar-refractivity contribution in [2.24, 2.45) is 5.41 Å². The zero-order chi connectivity index (χ0) is 13.1. The number of nitrogens with one attached hydrogen (secondary N) is 1. The van der Waals surface area contributed by atoms with E-state index < -0.39 is 0 Å². The normalized spacial score (nSPS) is 13.5. The number of aliphatic hydroxyl groups is 1. The third kappa shape index (κ3) is 3.81. The minimum atomic E-state index is 0.0158. The summed E-state index contributed by atoms with van der Waals surface area (Å²) in [5, 5.41) is 12.4. The van der Waals surface area contributed by atoms with Crippen molar-refractivity contribution in [3.63, 3.8) is 0 Å². The van der Waals surface area contributed by atoms with Gasteiger partial charge in [0.1, 0.15) is 22.4 Å². The smallest absolute Gasteiger partial charge is 0.146 e. The Balaban J connectivity index is 2.90. The van der Waals surface area contributed by atoms with E-state index in [-0.39, 0.29) is 18.1 Å². The first-order chi connectivity index (χ1) is 7.86. The summed E-state index contributed by atoms with van der Waals surface area (Å²) < 4.78 is 0.659. The largest absolute Gasteiger partial charge is 0.396 e. The number of anilines is 2. The molecule has 1 heterocycles. The second-order valence-electron chi connectivity index (χ2n) is 5.00. The number of aromatic nitrogens is 2. The van der Waals surface area contributed by atoms with E-state index in [0.717, 1.165) is 0 Å². The number of hydrogen-bond acceptors (Lipinski definition) is 5. The summed E-state index contributed by atoms with van der Waals surface area (Å²) in [5.41, 5.74) is 5.71. The van der Waals surface area contributed by atoms with E-state index in [1.165, 1.54) is 6.33 Å². The lowest BCUT2D eigenvalue weighted by Gasteiger charge is -2.31. The molecule has 0 aliphatic carbocycles.